The monoisotopic (exact) mass is 809 g/mol. The predicted molar refractivity (Wildman–Crippen MR) is 220 cm³/mol. The molecule has 5 aliphatic rings. The molecule has 11 nitrogen and oxygen atoms in total. The van der Waals surface area contributed by atoms with Crippen molar-refractivity contribution in [3.63, 3.8) is 0 Å². The number of para-hydroxylation sites is 1. The summed E-state index contributed by atoms with van der Waals surface area (Å²) in [7, 11) is 0. The van der Waals surface area contributed by atoms with E-state index in [1.807, 2.05) is 48.2 Å². The Kier molecular flexibility index (Phi) is 11.9. The van der Waals surface area contributed by atoms with E-state index >= 15 is 0 Å². The second kappa shape index (κ2) is 17.0. The first-order chi connectivity index (χ1) is 28.2. The third kappa shape index (κ3) is 7.39. The van der Waals surface area contributed by atoms with Gasteiger partial charge in [0.1, 0.15) is 65.0 Å². The number of aliphatic hydroxyl groups is 4. The molecule has 7 unspecified atom stereocenters. The van der Waals surface area contributed by atoms with Gasteiger partial charge >= 0.3 is 5.97 Å². The fraction of sp³-hybridized carbons (Fsp3) is 0.435. The van der Waals surface area contributed by atoms with Crippen LogP contribution in [0.5, 0.6) is 11.5 Å². The lowest BCUT2D eigenvalue weighted by Crippen LogP contribution is -2.60. The quantitative estimate of drug-likeness (QED) is 0.0863. The van der Waals surface area contributed by atoms with Gasteiger partial charge in [0.15, 0.2) is 0 Å². The molecule has 12 heteroatoms. The Hall–Kier alpha value is -4.43. The Morgan fingerprint density at radius 1 is 1.00 bits per heavy atom. The van der Waals surface area contributed by atoms with E-state index in [2.05, 4.69) is 48.2 Å². The van der Waals surface area contributed by atoms with E-state index in [0.29, 0.717) is 17.7 Å². The maximum atomic E-state index is 13.7. The molecule has 3 aromatic rings. The van der Waals surface area contributed by atoms with E-state index in [1.54, 1.807) is 12.1 Å². The van der Waals surface area contributed by atoms with E-state index < -0.39 is 43.3 Å². The van der Waals surface area contributed by atoms with Crippen LogP contribution in [0.15, 0.2) is 95.8 Å². The molecule has 2 saturated heterocycles. The van der Waals surface area contributed by atoms with Gasteiger partial charge < -0.3 is 49.1 Å². The van der Waals surface area contributed by atoms with Gasteiger partial charge in [0.25, 0.3) is 0 Å². The van der Waals surface area contributed by atoms with Crippen molar-refractivity contribution in [2.24, 2.45) is 0 Å². The molecule has 4 heterocycles. The lowest BCUT2D eigenvalue weighted by molar-refractivity contribution is -0.277. The van der Waals surface area contributed by atoms with Gasteiger partial charge in [0.2, 0.25) is 6.29 Å². The zero-order chi connectivity index (χ0) is 40.4. The second-order valence-electron chi connectivity index (χ2n) is 15.9. The molecular formula is C46H51NO10S. The van der Waals surface area contributed by atoms with Crippen molar-refractivity contribution >= 4 is 35.8 Å². The number of rotatable bonds is 13. The summed E-state index contributed by atoms with van der Waals surface area (Å²) in [5, 5.41) is 41.6. The first-order valence-electron chi connectivity index (χ1n) is 20.3. The number of carbonyl (C=O) groups is 2. The number of carbonyl (C=O) groups excluding carboxylic acids is 2. The van der Waals surface area contributed by atoms with Crippen LogP contribution in [-0.4, -0.2) is 87.2 Å². The molecule has 0 bridgehead atoms. The van der Waals surface area contributed by atoms with Crippen molar-refractivity contribution in [2.45, 2.75) is 106 Å². The third-order valence-electron chi connectivity index (χ3n) is 12.2. The number of anilines is 1. The summed E-state index contributed by atoms with van der Waals surface area (Å²) in [6.45, 7) is 2.71. The van der Waals surface area contributed by atoms with E-state index in [-0.39, 0.29) is 28.2 Å². The normalized spacial score (nSPS) is 28.8. The van der Waals surface area contributed by atoms with E-state index in [4.69, 9.17) is 18.9 Å². The van der Waals surface area contributed by atoms with Crippen molar-refractivity contribution in [1.82, 2.24) is 0 Å². The molecule has 3 aromatic carbocycles. The van der Waals surface area contributed by atoms with Gasteiger partial charge in [-0.2, -0.15) is 0 Å². The SMILES string of the molecule is CC1(CCCCC=O)c2ccccc2N2CCCSC21/C=C/C1=C2Oc3cc(OC4OC(CO)C(O)C(O)C4O)c(C(=O)OCc4ccccc4)cc3C=C2CCC1. The molecule has 0 aromatic heterocycles. The lowest BCUT2D eigenvalue weighted by atomic mass is 9.73. The highest BCUT2D eigenvalue weighted by Crippen LogP contribution is 2.61. The van der Waals surface area contributed by atoms with Crippen LogP contribution < -0.4 is 14.4 Å². The zero-order valence-corrected chi connectivity index (χ0v) is 33.4. The largest absolute Gasteiger partial charge is 0.461 e. The number of fused-ring (bicyclic) bond motifs is 5. The molecule has 1 aliphatic carbocycles. The standard InChI is InChI=1S/C46H51NO10S/c1-45(19-8-3-9-22-48)34-16-6-7-17-35(34)47-21-11-23-58-46(45,47)20-18-30-14-10-15-31-24-32-25-33(43(53)54-28-29-12-4-2-5-13-29)37(26-36(32)55-42(30)31)56-44-41(52)40(51)39(50)38(27-49)57-44/h2,4-7,12-13,16-18,20,22,24-26,38-41,44,49-52H,3,8-11,14-15,19,21,23,27-28H2,1H3/b20-18+. The van der Waals surface area contributed by atoms with Crippen LogP contribution in [0.3, 0.4) is 0 Å². The molecule has 0 saturated carbocycles. The number of unbranched alkanes of at least 4 members (excludes halogenated alkanes) is 2. The van der Waals surface area contributed by atoms with Gasteiger partial charge in [0, 0.05) is 35.7 Å². The first kappa shape index (κ1) is 40.4. The Morgan fingerprint density at radius 2 is 1.81 bits per heavy atom. The number of hydrogen-bond acceptors (Lipinski definition) is 12. The summed E-state index contributed by atoms with van der Waals surface area (Å²) in [6.07, 6.45) is 6.92. The van der Waals surface area contributed by atoms with Crippen molar-refractivity contribution in [3.05, 3.63) is 118 Å². The van der Waals surface area contributed by atoms with Crippen LogP contribution in [0, 0.1) is 0 Å². The molecule has 8 rings (SSSR count). The average molecular weight is 810 g/mol. The molecular weight excluding hydrogens is 759 g/mol. The van der Waals surface area contributed by atoms with Gasteiger partial charge in [-0.1, -0.05) is 68.0 Å². The average Bonchev–Trinajstić information content (AvgIpc) is 3.47. The molecule has 0 radical (unpaired) electrons. The fourth-order valence-corrected chi connectivity index (χ4v) is 10.8. The Bertz CT molecular complexity index is 2100. The fourth-order valence-electron chi connectivity index (χ4n) is 9.13. The summed E-state index contributed by atoms with van der Waals surface area (Å²) in [5.41, 5.74) is 5.99. The number of benzene rings is 3. The van der Waals surface area contributed by atoms with Crippen LogP contribution in [0.25, 0.3) is 6.08 Å². The van der Waals surface area contributed by atoms with Crippen LogP contribution in [-0.2, 0) is 26.3 Å². The van der Waals surface area contributed by atoms with Gasteiger partial charge in [-0.15, -0.1) is 11.8 Å². The topological polar surface area (TPSA) is 155 Å². The van der Waals surface area contributed by atoms with E-state index in [9.17, 15) is 30.0 Å². The van der Waals surface area contributed by atoms with Gasteiger partial charge in [0.05, 0.1) is 6.61 Å². The van der Waals surface area contributed by atoms with Crippen LogP contribution in [0.4, 0.5) is 5.69 Å². The number of thioether (sulfide) groups is 1. The summed E-state index contributed by atoms with van der Waals surface area (Å²) >= 11 is 1.99. The number of hydrogen-bond donors (Lipinski definition) is 4. The Labute approximate surface area is 343 Å². The van der Waals surface area contributed by atoms with E-state index in [1.165, 1.54) is 11.3 Å². The van der Waals surface area contributed by atoms with Gasteiger partial charge in [-0.25, -0.2) is 4.79 Å². The molecule has 4 N–H and O–H groups in total. The highest BCUT2D eigenvalue weighted by Gasteiger charge is 2.58. The van der Waals surface area contributed by atoms with Crippen molar-refractivity contribution in [3.8, 4) is 11.5 Å². The number of aldehydes is 1. The van der Waals surface area contributed by atoms with Crippen LogP contribution in [0.2, 0.25) is 0 Å². The summed E-state index contributed by atoms with van der Waals surface area (Å²) in [6, 6.07) is 21.2. The lowest BCUT2D eigenvalue weighted by Gasteiger charge is -2.50. The highest BCUT2D eigenvalue weighted by molar-refractivity contribution is 8.01. The molecule has 306 valence electrons. The van der Waals surface area contributed by atoms with Crippen LogP contribution in [0.1, 0.15) is 85.3 Å². The molecule has 58 heavy (non-hydrogen) atoms. The van der Waals surface area contributed by atoms with Gasteiger partial charge in [-0.05, 0) is 90.8 Å². The molecule has 0 spiro atoms. The second-order valence-corrected chi connectivity index (χ2v) is 17.2. The summed E-state index contributed by atoms with van der Waals surface area (Å²) < 4.78 is 24.2. The maximum absolute atomic E-state index is 13.7. The Balaban J connectivity index is 1.15. The summed E-state index contributed by atoms with van der Waals surface area (Å²) in [5.74, 6) is 1.51. The molecule has 4 aliphatic heterocycles. The predicted octanol–water partition coefficient (Wildman–Crippen LogP) is 6.36. The van der Waals surface area contributed by atoms with Crippen LogP contribution >= 0.6 is 11.8 Å². The van der Waals surface area contributed by atoms with Crippen molar-refractivity contribution < 1.29 is 49.0 Å². The number of ether oxygens (including phenoxy) is 4. The minimum atomic E-state index is -1.69. The smallest absolute Gasteiger partial charge is 0.342 e. The Morgan fingerprint density at radius 3 is 2.62 bits per heavy atom. The number of esters is 1. The number of allylic oxidation sites excluding steroid dienone is 3. The van der Waals surface area contributed by atoms with Gasteiger partial charge in [-0.3, -0.25) is 0 Å². The third-order valence-corrected chi connectivity index (χ3v) is 14.0. The molecule has 2 fully saturated rings. The van der Waals surface area contributed by atoms with Crippen molar-refractivity contribution in [2.75, 3.05) is 23.8 Å². The number of aliphatic hydroxyl groups excluding tert-OH is 4. The summed E-state index contributed by atoms with van der Waals surface area (Å²) in [4.78, 5) is 27.2. The highest BCUT2D eigenvalue weighted by atomic mass is 32.2. The van der Waals surface area contributed by atoms with E-state index in [0.717, 1.165) is 86.0 Å². The minimum Gasteiger partial charge on any atom is -0.461 e. The zero-order valence-electron chi connectivity index (χ0n) is 32.6. The maximum Gasteiger partial charge on any atom is 0.342 e. The first-order valence-corrected chi connectivity index (χ1v) is 21.3. The van der Waals surface area contributed by atoms with Crippen molar-refractivity contribution in [1.29, 1.82) is 0 Å². The minimum absolute atomic E-state index is 0.0104. The molecule has 0 amide bonds. The molecule has 7 atom stereocenters. The number of nitrogens with zero attached hydrogens (tertiary/aromatic N) is 1.